The Bertz CT molecular complexity index is 491. The van der Waals surface area contributed by atoms with Gasteiger partial charge in [-0.15, -0.1) is 0 Å². The molecule has 0 bridgehead atoms. The molecule has 0 saturated carbocycles. The SMILES string of the molecule is COC(=O)c1ccc(NC(=O)CCN2CCCCCC2)cc1. The van der Waals surface area contributed by atoms with E-state index in [1.807, 2.05) is 0 Å². The second kappa shape index (κ2) is 8.54. The van der Waals surface area contributed by atoms with Gasteiger partial charge in [0.15, 0.2) is 0 Å². The lowest BCUT2D eigenvalue weighted by atomic mass is 10.2. The van der Waals surface area contributed by atoms with Crippen molar-refractivity contribution in [3.05, 3.63) is 29.8 Å². The number of hydrogen-bond donors (Lipinski definition) is 1. The van der Waals surface area contributed by atoms with Gasteiger partial charge in [-0.05, 0) is 50.2 Å². The summed E-state index contributed by atoms with van der Waals surface area (Å²) in [5.74, 6) is -0.367. The van der Waals surface area contributed by atoms with Gasteiger partial charge in [0, 0.05) is 18.7 Å². The van der Waals surface area contributed by atoms with Gasteiger partial charge in [-0.1, -0.05) is 12.8 Å². The molecule has 1 N–H and O–H groups in total. The second-order valence-electron chi connectivity index (χ2n) is 5.62. The van der Waals surface area contributed by atoms with E-state index in [0.717, 1.165) is 19.6 Å². The van der Waals surface area contributed by atoms with E-state index in [1.165, 1.54) is 32.8 Å². The van der Waals surface area contributed by atoms with Crippen LogP contribution in [-0.4, -0.2) is 43.5 Å². The van der Waals surface area contributed by atoms with Crippen LogP contribution in [0.15, 0.2) is 24.3 Å². The molecule has 1 fully saturated rings. The van der Waals surface area contributed by atoms with Crippen LogP contribution in [-0.2, 0) is 9.53 Å². The minimum Gasteiger partial charge on any atom is -0.465 e. The number of esters is 1. The number of rotatable bonds is 5. The van der Waals surface area contributed by atoms with E-state index < -0.39 is 0 Å². The maximum Gasteiger partial charge on any atom is 0.337 e. The first-order valence-electron chi connectivity index (χ1n) is 7.89. The van der Waals surface area contributed by atoms with Gasteiger partial charge in [-0.25, -0.2) is 4.79 Å². The van der Waals surface area contributed by atoms with E-state index in [2.05, 4.69) is 15.0 Å². The van der Waals surface area contributed by atoms with Crippen LogP contribution in [0.5, 0.6) is 0 Å². The van der Waals surface area contributed by atoms with Crippen molar-refractivity contribution in [3.8, 4) is 0 Å². The first-order chi connectivity index (χ1) is 10.7. The van der Waals surface area contributed by atoms with Gasteiger partial charge in [-0.3, -0.25) is 4.79 Å². The van der Waals surface area contributed by atoms with Crippen LogP contribution in [0.4, 0.5) is 5.69 Å². The zero-order chi connectivity index (χ0) is 15.8. The highest BCUT2D eigenvalue weighted by atomic mass is 16.5. The monoisotopic (exact) mass is 304 g/mol. The number of carbonyl (C=O) groups excluding carboxylic acids is 2. The molecule has 5 nitrogen and oxygen atoms in total. The Morgan fingerprint density at radius 3 is 2.32 bits per heavy atom. The summed E-state index contributed by atoms with van der Waals surface area (Å²) >= 11 is 0. The predicted octanol–water partition coefficient (Wildman–Crippen LogP) is 2.68. The third-order valence-corrected chi connectivity index (χ3v) is 3.94. The Labute approximate surface area is 131 Å². The van der Waals surface area contributed by atoms with E-state index in [0.29, 0.717) is 17.7 Å². The first-order valence-corrected chi connectivity index (χ1v) is 7.89. The van der Waals surface area contributed by atoms with Crippen molar-refractivity contribution in [2.24, 2.45) is 0 Å². The van der Waals surface area contributed by atoms with Gasteiger partial charge in [0.1, 0.15) is 0 Å². The van der Waals surface area contributed by atoms with Gasteiger partial charge >= 0.3 is 5.97 Å². The average Bonchev–Trinajstić information content (AvgIpc) is 2.81. The summed E-state index contributed by atoms with van der Waals surface area (Å²) in [7, 11) is 1.35. The number of carbonyl (C=O) groups is 2. The minimum absolute atomic E-state index is 0.00932. The minimum atomic E-state index is -0.376. The molecular formula is C17H24N2O3. The standard InChI is InChI=1S/C17H24N2O3/c1-22-17(21)14-6-8-15(9-7-14)18-16(20)10-13-19-11-4-2-3-5-12-19/h6-9H,2-5,10-13H2,1H3,(H,18,20). The van der Waals surface area contributed by atoms with E-state index >= 15 is 0 Å². The maximum atomic E-state index is 12.0. The Morgan fingerprint density at radius 2 is 1.73 bits per heavy atom. The van der Waals surface area contributed by atoms with Crippen LogP contribution in [0.3, 0.4) is 0 Å². The number of benzene rings is 1. The van der Waals surface area contributed by atoms with E-state index in [-0.39, 0.29) is 11.9 Å². The Hall–Kier alpha value is -1.88. The largest absolute Gasteiger partial charge is 0.465 e. The fourth-order valence-corrected chi connectivity index (χ4v) is 2.65. The van der Waals surface area contributed by atoms with Crippen LogP contribution < -0.4 is 5.32 Å². The molecular weight excluding hydrogens is 280 g/mol. The fraction of sp³-hybridized carbons (Fsp3) is 0.529. The van der Waals surface area contributed by atoms with Crippen molar-refractivity contribution in [2.45, 2.75) is 32.1 Å². The van der Waals surface area contributed by atoms with Gasteiger partial charge in [0.05, 0.1) is 12.7 Å². The predicted molar refractivity (Wildman–Crippen MR) is 85.9 cm³/mol. The van der Waals surface area contributed by atoms with Crippen LogP contribution in [0, 0.1) is 0 Å². The lowest BCUT2D eigenvalue weighted by Crippen LogP contribution is -2.28. The van der Waals surface area contributed by atoms with Gasteiger partial charge < -0.3 is 15.0 Å². The molecule has 1 saturated heterocycles. The Kier molecular flexibility index (Phi) is 6.40. The number of methoxy groups -OCH3 is 1. The molecule has 0 spiro atoms. The van der Waals surface area contributed by atoms with Crippen molar-refractivity contribution < 1.29 is 14.3 Å². The number of anilines is 1. The molecule has 22 heavy (non-hydrogen) atoms. The molecule has 0 aliphatic carbocycles. The second-order valence-corrected chi connectivity index (χ2v) is 5.62. The smallest absolute Gasteiger partial charge is 0.337 e. The average molecular weight is 304 g/mol. The molecule has 5 heteroatoms. The molecule has 0 radical (unpaired) electrons. The fourth-order valence-electron chi connectivity index (χ4n) is 2.65. The summed E-state index contributed by atoms with van der Waals surface area (Å²) in [4.78, 5) is 25.7. The molecule has 1 aliphatic rings. The number of amides is 1. The molecule has 1 heterocycles. The molecule has 0 atom stereocenters. The molecule has 120 valence electrons. The van der Waals surface area contributed by atoms with E-state index in [9.17, 15) is 9.59 Å². The number of nitrogens with zero attached hydrogens (tertiary/aromatic N) is 1. The van der Waals surface area contributed by atoms with Gasteiger partial charge in [0.2, 0.25) is 5.91 Å². The molecule has 1 aromatic carbocycles. The number of hydrogen-bond acceptors (Lipinski definition) is 4. The summed E-state index contributed by atoms with van der Waals surface area (Å²) in [5, 5.41) is 2.86. The van der Waals surface area contributed by atoms with Crippen molar-refractivity contribution >= 4 is 17.6 Å². The molecule has 0 aromatic heterocycles. The van der Waals surface area contributed by atoms with Gasteiger partial charge in [-0.2, -0.15) is 0 Å². The molecule has 1 aromatic rings. The zero-order valence-corrected chi connectivity index (χ0v) is 13.1. The molecule has 2 rings (SSSR count). The summed E-state index contributed by atoms with van der Waals surface area (Å²) in [6, 6.07) is 6.73. The summed E-state index contributed by atoms with van der Waals surface area (Å²) < 4.78 is 4.64. The van der Waals surface area contributed by atoms with Crippen molar-refractivity contribution in [3.63, 3.8) is 0 Å². The third-order valence-electron chi connectivity index (χ3n) is 3.94. The van der Waals surface area contributed by atoms with Crippen LogP contribution in [0.1, 0.15) is 42.5 Å². The first kappa shape index (κ1) is 16.5. The summed E-state index contributed by atoms with van der Waals surface area (Å²) in [6.45, 7) is 3.01. The number of nitrogens with one attached hydrogen (secondary N) is 1. The highest BCUT2D eigenvalue weighted by Gasteiger charge is 2.11. The maximum absolute atomic E-state index is 12.0. The van der Waals surface area contributed by atoms with Crippen molar-refractivity contribution in [1.29, 1.82) is 0 Å². The summed E-state index contributed by atoms with van der Waals surface area (Å²) in [6.07, 6.45) is 5.57. The summed E-state index contributed by atoms with van der Waals surface area (Å²) in [5.41, 5.74) is 1.18. The Balaban J connectivity index is 1.77. The topological polar surface area (TPSA) is 58.6 Å². The lowest BCUT2D eigenvalue weighted by molar-refractivity contribution is -0.116. The number of ether oxygens (including phenoxy) is 1. The van der Waals surface area contributed by atoms with E-state index in [4.69, 9.17) is 0 Å². The quantitative estimate of drug-likeness (QED) is 0.850. The normalized spacial score (nSPS) is 15.9. The van der Waals surface area contributed by atoms with Crippen LogP contribution >= 0.6 is 0 Å². The van der Waals surface area contributed by atoms with E-state index in [1.54, 1.807) is 24.3 Å². The Morgan fingerprint density at radius 1 is 1.09 bits per heavy atom. The highest BCUT2D eigenvalue weighted by molar-refractivity contribution is 5.93. The van der Waals surface area contributed by atoms with Crippen LogP contribution in [0.2, 0.25) is 0 Å². The van der Waals surface area contributed by atoms with Crippen LogP contribution in [0.25, 0.3) is 0 Å². The molecule has 1 amide bonds. The third kappa shape index (κ3) is 5.15. The number of likely N-dealkylation sites (tertiary alicyclic amines) is 1. The lowest BCUT2D eigenvalue weighted by Gasteiger charge is -2.19. The van der Waals surface area contributed by atoms with Gasteiger partial charge in [0.25, 0.3) is 0 Å². The molecule has 0 unspecified atom stereocenters. The van der Waals surface area contributed by atoms with Crippen molar-refractivity contribution in [2.75, 3.05) is 32.1 Å². The zero-order valence-electron chi connectivity index (χ0n) is 13.1. The highest BCUT2D eigenvalue weighted by Crippen LogP contribution is 2.12. The van der Waals surface area contributed by atoms with Crippen molar-refractivity contribution in [1.82, 2.24) is 4.90 Å². The molecule has 1 aliphatic heterocycles.